The van der Waals surface area contributed by atoms with Crippen LogP contribution in [0, 0.1) is 11.8 Å². The first-order valence-electron chi connectivity index (χ1n) is 7.31. The van der Waals surface area contributed by atoms with Gasteiger partial charge in [-0.3, -0.25) is 9.13 Å². The van der Waals surface area contributed by atoms with Crippen LogP contribution < -0.4 is 5.69 Å². The second-order valence-corrected chi connectivity index (χ2v) is 5.10. The summed E-state index contributed by atoms with van der Waals surface area (Å²) < 4.78 is 3.51. The fourth-order valence-electron chi connectivity index (χ4n) is 2.49. The van der Waals surface area contributed by atoms with E-state index in [-0.39, 0.29) is 5.69 Å². The van der Waals surface area contributed by atoms with Crippen molar-refractivity contribution in [3.8, 4) is 11.8 Å². The van der Waals surface area contributed by atoms with Crippen molar-refractivity contribution in [2.75, 3.05) is 0 Å². The summed E-state index contributed by atoms with van der Waals surface area (Å²) >= 11 is 0. The smallest absolute Gasteiger partial charge is 0.295 e. The van der Waals surface area contributed by atoms with Crippen molar-refractivity contribution in [2.24, 2.45) is 7.05 Å². The van der Waals surface area contributed by atoms with Gasteiger partial charge >= 0.3 is 5.69 Å². The van der Waals surface area contributed by atoms with Crippen LogP contribution in [0.5, 0.6) is 0 Å². The number of nitrogens with zero attached hydrogens (tertiary/aromatic N) is 3. The largest absolute Gasteiger partial charge is 0.328 e. The molecule has 0 aliphatic carbocycles. The van der Waals surface area contributed by atoms with Crippen LogP contribution in [0.1, 0.15) is 18.5 Å². The van der Waals surface area contributed by atoms with Gasteiger partial charge in [0, 0.05) is 26.2 Å². The summed E-state index contributed by atoms with van der Waals surface area (Å²) in [4.78, 5) is 16.4. The number of aromatic nitrogens is 3. The van der Waals surface area contributed by atoms with E-state index in [1.54, 1.807) is 10.8 Å². The second kappa shape index (κ2) is 6.31. The Kier molecular flexibility index (Phi) is 4.06. The normalized spacial score (nSPS) is 10.4. The minimum Gasteiger partial charge on any atom is -0.295 e. The lowest BCUT2D eigenvalue weighted by Gasteiger charge is -2.00. The van der Waals surface area contributed by atoms with Crippen LogP contribution >= 0.6 is 0 Å². The van der Waals surface area contributed by atoms with Crippen LogP contribution in [-0.2, 0) is 13.6 Å². The van der Waals surface area contributed by atoms with Crippen molar-refractivity contribution in [1.29, 1.82) is 0 Å². The Bertz CT molecular complexity index is 895. The van der Waals surface area contributed by atoms with Gasteiger partial charge in [-0.05, 0) is 36.6 Å². The van der Waals surface area contributed by atoms with Crippen LogP contribution in [-0.4, -0.2) is 14.1 Å². The molecule has 2 aromatic heterocycles. The summed E-state index contributed by atoms with van der Waals surface area (Å²) in [6, 6.07) is 13.5. The van der Waals surface area contributed by atoms with Crippen LogP contribution in [0.4, 0.5) is 0 Å². The average Bonchev–Trinajstić information content (AvgIpc) is 2.81. The van der Waals surface area contributed by atoms with E-state index in [1.165, 1.54) is 0 Å². The Balaban J connectivity index is 1.69. The minimum atomic E-state index is 0.0267. The lowest BCUT2D eigenvalue weighted by Crippen LogP contribution is -2.22. The molecule has 3 aromatic rings. The summed E-state index contributed by atoms with van der Waals surface area (Å²) in [6.45, 7) is 0.678. The Morgan fingerprint density at radius 1 is 1.09 bits per heavy atom. The first-order valence-corrected chi connectivity index (χ1v) is 7.31. The monoisotopic (exact) mass is 291 g/mol. The third kappa shape index (κ3) is 2.79. The van der Waals surface area contributed by atoms with Crippen molar-refractivity contribution in [1.82, 2.24) is 14.1 Å². The predicted octanol–water partition coefficient (Wildman–Crippen LogP) is 2.57. The van der Waals surface area contributed by atoms with Gasteiger partial charge in [-0.15, -0.1) is 0 Å². The molecule has 0 N–H and O–H groups in total. The molecule has 4 heteroatoms. The van der Waals surface area contributed by atoms with E-state index in [1.807, 2.05) is 54.1 Å². The van der Waals surface area contributed by atoms with E-state index in [9.17, 15) is 4.79 Å². The van der Waals surface area contributed by atoms with Crippen LogP contribution in [0.15, 0.2) is 53.5 Å². The van der Waals surface area contributed by atoms with Gasteiger partial charge in [0.2, 0.25) is 0 Å². The van der Waals surface area contributed by atoms with E-state index in [0.29, 0.717) is 6.54 Å². The fraction of sp³-hybridized carbons (Fsp3) is 0.222. The molecule has 1 aromatic carbocycles. The highest BCUT2D eigenvalue weighted by Crippen LogP contribution is 2.12. The molecule has 3 rings (SSSR count). The Morgan fingerprint density at radius 2 is 1.86 bits per heavy atom. The Labute approximate surface area is 129 Å². The molecule has 0 spiro atoms. The average molecular weight is 291 g/mol. The highest BCUT2D eigenvalue weighted by molar-refractivity contribution is 5.75. The maximum atomic E-state index is 12.3. The molecule has 0 saturated carbocycles. The maximum Gasteiger partial charge on any atom is 0.328 e. The number of benzene rings is 1. The molecule has 0 saturated heterocycles. The number of para-hydroxylation sites is 2. The molecule has 0 atom stereocenters. The number of fused-ring (bicyclic) bond motifs is 1. The van der Waals surface area contributed by atoms with Crippen molar-refractivity contribution < 1.29 is 0 Å². The summed E-state index contributed by atoms with van der Waals surface area (Å²) in [6.07, 6.45) is 3.32. The summed E-state index contributed by atoms with van der Waals surface area (Å²) in [5, 5.41) is 0. The minimum absolute atomic E-state index is 0.0267. The SMILES string of the molecule is Cn1c(=O)n(CCCC#Cc2ccccn2)c2ccccc21. The molecule has 22 heavy (non-hydrogen) atoms. The Hall–Kier alpha value is -2.80. The van der Waals surface area contributed by atoms with Crippen molar-refractivity contribution >= 4 is 11.0 Å². The molecule has 0 fully saturated rings. The summed E-state index contributed by atoms with van der Waals surface area (Å²) in [7, 11) is 1.81. The van der Waals surface area contributed by atoms with Crippen molar-refractivity contribution in [3.63, 3.8) is 0 Å². The molecule has 0 aliphatic heterocycles. The molecule has 4 nitrogen and oxygen atoms in total. The number of rotatable bonds is 3. The summed E-state index contributed by atoms with van der Waals surface area (Å²) in [5.74, 6) is 6.15. The Morgan fingerprint density at radius 3 is 2.64 bits per heavy atom. The van der Waals surface area contributed by atoms with E-state index < -0.39 is 0 Å². The third-order valence-electron chi connectivity index (χ3n) is 3.62. The third-order valence-corrected chi connectivity index (χ3v) is 3.62. The van der Waals surface area contributed by atoms with Gasteiger partial charge in [0.15, 0.2) is 0 Å². The maximum absolute atomic E-state index is 12.3. The quantitative estimate of drug-likeness (QED) is 0.549. The van der Waals surface area contributed by atoms with Gasteiger partial charge in [-0.1, -0.05) is 24.1 Å². The standard InChI is InChI=1S/C18H17N3O/c1-20-16-11-4-5-12-17(16)21(18(20)22)14-8-2-3-9-15-10-6-7-13-19-15/h4-7,10-13H,2,8,14H2,1H3. The number of hydrogen-bond donors (Lipinski definition) is 0. The zero-order valence-electron chi connectivity index (χ0n) is 12.5. The topological polar surface area (TPSA) is 39.8 Å². The van der Waals surface area contributed by atoms with Crippen LogP contribution in [0.25, 0.3) is 11.0 Å². The second-order valence-electron chi connectivity index (χ2n) is 5.10. The van der Waals surface area contributed by atoms with Crippen LogP contribution in [0.3, 0.4) is 0 Å². The number of pyridine rings is 1. The molecule has 0 aliphatic rings. The van der Waals surface area contributed by atoms with Crippen molar-refractivity contribution in [2.45, 2.75) is 19.4 Å². The van der Waals surface area contributed by atoms with Crippen molar-refractivity contribution in [3.05, 3.63) is 64.8 Å². The van der Waals surface area contributed by atoms with Gasteiger partial charge in [0.05, 0.1) is 11.0 Å². The lowest BCUT2D eigenvalue weighted by atomic mass is 10.2. The zero-order valence-corrected chi connectivity index (χ0v) is 12.5. The zero-order chi connectivity index (χ0) is 15.4. The van der Waals surface area contributed by atoms with Crippen LogP contribution in [0.2, 0.25) is 0 Å². The highest BCUT2D eigenvalue weighted by Gasteiger charge is 2.08. The van der Waals surface area contributed by atoms with Gasteiger partial charge in [0.25, 0.3) is 0 Å². The van der Waals surface area contributed by atoms with E-state index in [4.69, 9.17) is 0 Å². The molecule has 0 radical (unpaired) electrons. The molecule has 0 amide bonds. The van der Waals surface area contributed by atoms with E-state index in [2.05, 4.69) is 16.8 Å². The number of imidazole rings is 1. The molecule has 0 bridgehead atoms. The number of hydrogen-bond acceptors (Lipinski definition) is 2. The summed E-state index contributed by atoms with van der Waals surface area (Å²) in [5.41, 5.74) is 2.75. The molecule has 2 heterocycles. The highest BCUT2D eigenvalue weighted by atomic mass is 16.1. The van der Waals surface area contributed by atoms with Gasteiger partial charge < -0.3 is 0 Å². The molecular weight excluding hydrogens is 274 g/mol. The lowest BCUT2D eigenvalue weighted by molar-refractivity contribution is 0.634. The predicted molar refractivity (Wildman–Crippen MR) is 87.5 cm³/mol. The molecular formula is C18H17N3O. The van der Waals surface area contributed by atoms with E-state index >= 15 is 0 Å². The first kappa shape index (κ1) is 14.2. The fourth-order valence-corrected chi connectivity index (χ4v) is 2.49. The van der Waals surface area contributed by atoms with Gasteiger partial charge in [-0.25, -0.2) is 9.78 Å². The van der Waals surface area contributed by atoms with E-state index in [0.717, 1.165) is 29.6 Å². The van der Waals surface area contributed by atoms with Gasteiger partial charge in [-0.2, -0.15) is 0 Å². The number of unbranched alkanes of at least 4 members (excludes halogenated alkanes) is 1. The van der Waals surface area contributed by atoms with Gasteiger partial charge in [0.1, 0.15) is 5.69 Å². The number of aryl methyl sites for hydroxylation is 2. The molecule has 110 valence electrons. The first-order chi connectivity index (χ1) is 10.8. The molecule has 0 unspecified atom stereocenters.